The first kappa shape index (κ1) is 10.7. The highest BCUT2D eigenvalue weighted by molar-refractivity contribution is 7.99. The Morgan fingerprint density at radius 3 is 3.07 bits per heavy atom. The summed E-state index contributed by atoms with van der Waals surface area (Å²) in [5, 5.41) is 3.62. The van der Waals surface area contributed by atoms with Crippen molar-refractivity contribution >= 4 is 11.8 Å². The molecular formula is C10H20N2OS. The number of rotatable bonds is 4. The summed E-state index contributed by atoms with van der Waals surface area (Å²) in [6.45, 7) is 2.68. The monoisotopic (exact) mass is 216 g/mol. The van der Waals surface area contributed by atoms with Gasteiger partial charge in [0, 0.05) is 31.0 Å². The van der Waals surface area contributed by atoms with Crippen LogP contribution >= 0.6 is 11.8 Å². The first-order chi connectivity index (χ1) is 6.85. The highest BCUT2D eigenvalue weighted by Crippen LogP contribution is 2.27. The third kappa shape index (κ3) is 2.42. The molecule has 0 aromatic heterocycles. The smallest absolute Gasteiger partial charge is 0.0700 e. The van der Waals surface area contributed by atoms with E-state index in [0.29, 0.717) is 6.10 Å². The number of ether oxygens (including phenoxy) is 1. The molecule has 2 rings (SSSR count). The van der Waals surface area contributed by atoms with Crippen molar-refractivity contribution in [3.05, 3.63) is 0 Å². The molecule has 0 aliphatic carbocycles. The maximum absolute atomic E-state index is 5.84. The standard InChI is InChI=1S/C10H20N2OS/c11-7-10(3-5-14-8-10)12-6-9-2-1-4-13-9/h9,12H,1-8,11H2. The van der Waals surface area contributed by atoms with Gasteiger partial charge in [-0.25, -0.2) is 0 Å². The topological polar surface area (TPSA) is 47.3 Å². The molecule has 0 bridgehead atoms. The Morgan fingerprint density at radius 1 is 1.57 bits per heavy atom. The van der Waals surface area contributed by atoms with Crippen molar-refractivity contribution in [2.75, 3.05) is 31.2 Å². The summed E-state index contributed by atoms with van der Waals surface area (Å²) >= 11 is 2.00. The summed E-state index contributed by atoms with van der Waals surface area (Å²) in [5.74, 6) is 2.41. The van der Waals surface area contributed by atoms with Gasteiger partial charge in [0.05, 0.1) is 6.10 Å². The highest BCUT2D eigenvalue weighted by atomic mass is 32.2. The zero-order chi connectivity index (χ0) is 9.86. The maximum Gasteiger partial charge on any atom is 0.0700 e. The van der Waals surface area contributed by atoms with Crippen LogP contribution in [0.15, 0.2) is 0 Å². The van der Waals surface area contributed by atoms with E-state index in [2.05, 4.69) is 5.32 Å². The first-order valence-corrected chi connectivity index (χ1v) is 6.65. The summed E-state index contributed by atoms with van der Waals surface area (Å²) in [5.41, 5.74) is 6.04. The van der Waals surface area contributed by atoms with Crippen LogP contribution in [0.25, 0.3) is 0 Å². The Kier molecular flexibility index (Phi) is 3.71. The predicted molar refractivity (Wildman–Crippen MR) is 60.7 cm³/mol. The molecule has 0 aromatic rings. The molecule has 0 radical (unpaired) electrons. The van der Waals surface area contributed by atoms with Gasteiger partial charge in [-0.15, -0.1) is 0 Å². The van der Waals surface area contributed by atoms with Crippen molar-refractivity contribution < 1.29 is 4.74 Å². The number of hydrogen-bond donors (Lipinski definition) is 2. The fourth-order valence-electron chi connectivity index (χ4n) is 2.12. The number of nitrogens with one attached hydrogen (secondary N) is 1. The number of thioether (sulfide) groups is 1. The van der Waals surface area contributed by atoms with Crippen LogP contribution in [0.3, 0.4) is 0 Å². The summed E-state index contributed by atoms with van der Waals surface area (Å²) < 4.78 is 5.59. The molecule has 0 aromatic carbocycles. The zero-order valence-electron chi connectivity index (χ0n) is 8.63. The summed E-state index contributed by atoms with van der Waals surface area (Å²) in [4.78, 5) is 0. The van der Waals surface area contributed by atoms with Crippen LogP contribution in [-0.2, 0) is 4.74 Å². The SMILES string of the molecule is NCC1(NCC2CCCO2)CCSC1. The molecule has 2 unspecified atom stereocenters. The lowest BCUT2D eigenvalue weighted by atomic mass is 9.99. The van der Waals surface area contributed by atoms with Crippen molar-refractivity contribution in [3.8, 4) is 0 Å². The minimum Gasteiger partial charge on any atom is -0.377 e. The van der Waals surface area contributed by atoms with Gasteiger partial charge in [0.15, 0.2) is 0 Å². The van der Waals surface area contributed by atoms with Crippen molar-refractivity contribution in [1.82, 2.24) is 5.32 Å². The Hall–Kier alpha value is 0.230. The van der Waals surface area contributed by atoms with E-state index in [9.17, 15) is 0 Å². The van der Waals surface area contributed by atoms with E-state index in [4.69, 9.17) is 10.5 Å². The molecule has 0 amide bonds. The summed E-state index contributed by atoms with van der Waals surface area (Å²) in [6.07, 6.45) is 4.07. The van der Waals surface area contributed by atoms with Crippen LogP contribution in [0.2, 0.25) is 0 Å². The van der Waals surface area contributed by atoms with Crippen molar-refractivity contribution in [1.29, 1.82) is 0 Å². The second-order valence-electron chi connectivity index (χ2n) is 4.30. The molecule has 3 N–H and O–H groups in total. The van der Waals surface area contributed by atoms with Gasteiger partial charge in [-0.1, -0.05) is 0 Å². The van der Waals surface area contributed by atoms with E-state index < -0.39 is 0 Å². The van der Waals surface area contributed by atoms with Crippen LogP contribution in [0.5, 0.6) is 0 Å². The molecule has 82 valence electrons. The van der Waals surface area contributed by atoms with E-state index >= 15 is 0 Å². The van der Waals surface area contributed by atoms with E-state index in [1.807, 2.05) is 11.8 Å². The van der Waals surface area contributed by atoms with Gasteiger partial charge in [0.25, 0.3) is 0 Å². The van der Waals surface area contributed by atoms with E-state index in [1.54, 1.807) is 0 Å². The Labute approximate surface area is 90.1 Å². The predicted octanol–water partition coefficient (Wildman–Crippen LogP) is 0.589. The third-order valence-electron chi connectivity index (χ3n) is 3.22. The van der Waals surface area contributed by atoms with Crippen molar-refractivity contribution in [2.45, 2.75) is 30.9 Å². The normalized spacial score (nSPS) is 37.9. The number of hydrogen-bond acceptors (Lipinski definition) is 4. The lowest BCUT2D eigenvalue weighted by Gasteiger charge is -2.29. The van der Waals surface area contributed by atoms with Crippen LogP contribution < -0.4 is 11.1 Å². The fourth-order valence-corrected chi connectivity index (χ4v) is 3.55. The van der Waals surface area contributed by atoms with Crippen LogP contribution in [0.4, 0.5) is 0 Å². The fraction of sp³-hybridized carbons (Fsp3) is 1.00. The second-order valence-corrected chi connectivity index (χ2v) is 5.41. The molecule has 3 nitrogen and oxygen atoms in total. The maximum atomic E-state index is 5.84. The molecule has 2 fully saturated rings. The third-order valence-corrected chi connectivity index (χ3v) is 4.47. The largest absolute Gasteiger partial charge is 0.377 e. The van der Waals surface area contributed by atoms with E-state index in [0.717, 1.165) is 25.4 Å². The molecule has 2 aliphatic heterocycles. The van der Waals surface area contributed by atoms with Crippen LogP contribution in [0, 0.1) is 0 Å². The quantitative estimate of drug-likeness (QED) is 0.722. The second kappa shape index (κ2) is 4.84. The average molecular weight is 216 g/mol. The lowest BCUT2D eigenvalue weighted by molar-refractivity contribution is 0.103. The molecule has 2 heterocycles. The van der Waals surface area contributed by atoms with Crippen LogP contribution in [-0.4, -0.2) is 42.8 Å². The molecule has 2 saturated heterocycles. The van der Waals surface area contributed by atoms with E-state index in [-0.39, 0.29) is 5.54 Å². The molecule has 4 heteroatoms. The van der Waals surface area contributed by atoms with Gasteiger partial charge in [-0.3, -0.25) is 0 Å². The Balaban J connectivity index is 1.76. The Morgan fingerprint density at radius 2 is 2.50 bits per heavy atom. The summed E-state index contributed by atoms with van der Waals surface area (Å²) in [7, 11) is 0. The first-order valence-electron chi connectivity index (χ1n) is 5.49. The molecule has 0 spiro atoms. The molecular weight excluding hydrogens is 196 g/mol. The highest BCUT2D eigenvalue weighted by Gasteiger charge is 2.33. The molecule has 0 saturated carbocycles. The number of nitrogens with two attached hydrogens (primary N) is 1. The van der Waals surface area contributed by atoms with E-state index in [1.165, 1.54) is 25.0 Å². The van der Waals surface area contributed by atoms with Crippen molar-refractivity contribution in [2.24, 2.45) is 5.73 Å². The van der Waals surface area contributed by atoms with Gasteiger partial charge in [0.2, 0.25) is 0 Å². The molecule has 2 aliphatic rings. The molecule has 2 atom stereocenters. The Bertz CT molecular complexity index is 177. The minimum absolute atomic E-state index is 0.205. The lowest BCUT2D eigenvalue weighted by Crippen LogP contribution is -2.53. The molecule has 14 heavy (non-hydrogen) atoms. The van der Waals surface area contributed by atoms with Gasteiger partial charge < -0.3 is 15.8 Å². The van der Waals surface area contributed by atoms with Gasteiger partial charge in [-0.2, -0.15) is 11.8 Å². The van der Waals surface area contributed by atoms with Gasteiger partial charge >= 0.3 is 0 Å². The average Bonchev–Trinajstić information content (AvgIpc) is 2.87. The van der Waals surface area contributed by atoms with Crippen molar-refractivity contribution in [3.63, 3.8) is 0 Å². The van der Waals surface area contributed by atoms with Gasteiger partial charge in [-0.05, 0) is 25.0 Å². The minimum atomic E-state index is 0.205. The zero-order valence-corrected chi connectivity index (χ0v) is 9.44. The van der Waals surface area contributed by atoms with Crippen LogP contribution in [0.1, 0.15) is 19.3 Å². The summed E-state index contributed by atoms with van der Waals surface area (Å²) in [6, 6.07) is 0. The van der Waals surface area contributed by atoms with Gasteiger partial charge in [0.1, 0.15) is 0 Å².